The van der Waals surface area contributed by atoms with E-state index in [1.54, 1.807) is 0 Å². The van der Waals surface area contributed by atoms with Gasteiger partial charge in [0.1, 0.15) is 0 Å². The molecule has 0 heterocycles. The van der Waals surface area contributed by atoms with Crippen LogP contribution in [0.3, 0.4) is 0 Å². The molecule has 0 bridgehead atoms. The minimum Gasteiger partial charge on any atom is -0.384 e. The Balaban J connectivity index is 1.88. The average molecular weight is 318 g/mol. The number of likely N-dealkylation sites (N-methyl/N-ethyl adjacent to an activating group) is 1. The first kappa shape index (κ1) is 16.2. The number of alkyl halides is 2. The van der Waals surface area contributed by atoms with E-state index in [2.05, 4.69) is 17.1 Å². The largest absolute Gasteiger partial charge is 0.384 e. The predicted octanol–water partition coefficient (Wildman–Crippen LogP) is 2.58. The van der Waals surface area contributed by atoms with Gasteiger partial charge in [-0.2, -0.15) is 8.78 Å². The van der Waals surface area contributed by atoms with Gasteiger partial charge in [0.2, 0.25) is 9.84 Å². The van der Waals surface area contributed by atoms with Crippen LogP contribution in [0, 0.1) is 0 Å². The maximum atomic E-state index is 12.4. The molecule has 1 N–H and O–H groups in total. The molecule has 0 spiro atoms. The van der Waals surface area contributed by atoms with Crippen LogP contribution in [0.4, 0.5) is 14.5 Å². The zero-order chi connectivity index (χ0) is 15.5. The van der Waals surface area contributed by atoms with Gasteiger partial charge in [0.05, 0.1) is 4.90 Å². The Morgan fingerprint density at radius 1 is 1.29 bits per heavy atom. The molecule has 7 heteroatoms. The summed E-state index contributed by atoms with van der Waals surface area (Å²) >= 11 is 0. The van der Waals surface area contributed by atoms with Crippen LogP contribution in [0.1, 0.15) is 19.8 Å². The predicted molar refractivity (Wildman–Crippen MR) is 78.4 cm³/mol. The van der Waals surface area contributed by atoms with Crippen molar-refractivity contribution in [3.8, 4) is 0 Å². The molecule has 21 heavy (non-hydrogen) atoms. The van der Waals surface area contributed by atoms with Crippen LogP contribution in [0.25, 0.3) is 0 Å². The first-order chi connectivity index (χ1) is 9.95. The first-order valence-electron chi connectivity index (χ1n) is 7.05. The lowest BCUT2D eigenvalue weighted by Gasteiger charge is -2.20. The van der Waals surface area contributed by atoms with Gasteiger partial charge in [0.15, 0.2) is 0 Å². The lowest BCUT2D eigenvalue weighted by atomic mass is 10.3. The van der Waals surface area contributed by atoms with E-state index in [1.807, 2.05) is 0 Å². The summed E-state index contributed by atoms with van der Waals surface area (Å²) in [6, 6.07) is 6.16. The van der Waals surface area contributed by atoms with Crippen molar-refractivity contribution in [1.29, 1.82) is 0 Å². The number of nitrogens with zero attached hydrogens (tertiary/aromatic N) is 1. The zero-order valence-electron chi connectivity index (χ0n) is 11.9. The number of sulfone groups is 1. The number of halogens is 2. The Morgan fingerprint density at radius 3 is 2.38 bits per heavy atom. The second-order valence-corrected chi connectivity index (χ2v) is 7.03. The van der Waals surface area contributed by atoms with Crippen LogP contribution < -0.4 is 5.32 Å². The molecule has 0 saturated heterocycles. The fourth-order valence-corrected chi connectivity index (χ4v) is 2.97. The SMILES string of the molecule is CCN(CCNc1ccc(S(=O)(=O)C(F)F)cc1)C1CC1. The topological polar surface area (TPSA) is 49.4 Å². The molecular weight excluding hydrogens is 298 g/mol. The second-order valence-electron chi connectivity index (χ2n) is 5.12. The van der Waals surface area contributed by atoms with Crippen LogP contribution in [-0.4, -0.2) is 44.8 Å². The monoisotopic (exact) mass is 318 g/mol. The molecule has 118 valence electrons. The van der Waals surface area contributed by atoms with Crippen molar-refractivity contribution in [2.75, 3.05) is 25.0 Å². The van der Waals surface area contributed by atoms with E-state index < -0.39 is 15.6 Å². The van der Waals surface area contributed by atoms with Crippen LogP contribution in [-0.2, 0) is 9.84 Å². The summed E-state index contributed by atoms with van der Waals surface area (Å²) in [5, 5.41) is 3.18. The molecule has 0 unspecified atom stereocenters. The Labute approximate surface area is 124 Å². The van der Waals surface area contributed by atoms with Crippen molar-refractivity contribution in [2.24, 2.45) is 0 Å². The summed E-state index contributed by atoms with van der Waals surface area (Å²) in [6.45, 7) is 4.80. The van der Waals surface area contributed by atoms with Gasteiger partial charge in [-0.1, -0.05) is 6.92 Å². The van der Waals surface area contributed by atoms with Crippen LogP contribution in [0.2, 0.25) is 0 Å². The lowest BCUT2D eigenvalue weighted by Crippen LogP contribution is -2.30. The van der Waals surface area contributed by atoms with Gasteiger partial charge in [0, 0.05) is 24.8 Å². The van der Waals surface area contributed by atoms with Gasteiger partial charge < -0.3 is 5.32 Å². The normalized spacial score (nSPS) is 15.7. The molecule has 0 radical (unpaired) electrons. The third-order valence-electron chi connectivity index (χ3n) is 3.62. The molecule has 4 nitrogen and oxygen atoms in total. The van der Waals surface area contributed by atoms with E-state index in [-0.39, 0.29) is 4.90 Å². The summed E-state index contributed by atoms with van der Waals surface area (Å²) in [6.07, 6.45) is 2.52. The summed E-state index contributed by atoms with van der Waals surface area (Å²) in [5.41, 5.74) is 0.732. The fraction of sp³-hybridized carbons (Fsp3) is 0.571. The second kappa shape index (κ2) is 6.70. The van der Waals surface area contributed by atoms with Crippen molar-refractivity contribution in [2.45, 2.75) is 36.5 Å². The third-order valence-corrected chi connectivity index (χ3v) is 5.01. The highest BCUT2D eigenvalue weighted by Gasteiger charge is 2.27. The maximum absolute atomic E-state index is 12.4. The summed E-state index contributed by atoms with van der Waals surface area (Å²) in [7, 11) is -4.50. The van der Waals surface area contributed by atoms with Gasteiger partial charge in [-0.05, 0) is 43.7 Å². The molecule has 2 rings (SSSR count). The van der Waals surface area contributed by atoms with Crippen LogP contribution in [0.15, 0.2) is 29.2 Å². The molecule has 0 atom stereocenters. The fourth-order valence-electron chi connectivity index (χ4n) is 2.25. The number of benzene rings is 1. The molecular formula is C14H20F2N2O2S. The summed E-state index contributed by atoms with van der Waals surface area (Å²) < 4.78 is 47.4. The minimum absolute atomic E-state index is 0.351. The van der Waals surface area contributed by atoms with Gasteiger partial charge in [-0.25, -0.2) is 8.42 Å². The number of hydrogen-bond acceptors (Lipinski definition) is 4. The Bertz CT molecular complexity index is 557. The van der Waals surface area contributed by atoms with E-state index in [0.29, 0.717) is 6.04 Å². The van der Waals surface area contributed by atoms with Crippen LogP contribution in [0.5, 0.6) is 0 Å². The summed E-state index contributed by atoms with van der Waals surface area (Å²) in [5.74, 6) is -3.38. The van der Waals surface area contributed by atoms with Crippen LogP contribution >= 0.6 is 0 Å². The molecule has 1 aliphatic rings. The van der Waals surface area contributed by atoms with Crippen molar-refractivity contribution in [3.05, 3.63) is 24.3 Å². The first-order valence-corrected chi connectivity index (χ1v) is 8.60. The molecule has 1 saturated carbocycles. The maximum Gasteiger partial charge on any atom is 0.341 e. The molecule has 0 amide bonds. The van der Waals surface area contributed by atoms with E-state index in [9.17, 15) is 17.2 Å². The molecule has 1 fully saturated rings. The molecule has 1 aromatic rings. The van der Waals surface area contributed by atoms with Crippen molar-refractivity contribution >= 4 is 15.5 Å². The van der Waals surface area contributed by atoms with E-state index >= 15 is 0 Å². The van der Waals surface area contributed by atoms with Gasteiger partial charge in [0.25, 0.3) is 0 Å². The Hall–Kier alpha value is -1.21. The van der Waals surface area contributed by atoms with Gasteiger partial charge in [-0.15, -0.1) is 0 Å². The average Bonchev–Trinajstić information content (AvgIpc) is 3.28. The van der Waals surface area contributed by atoms with Crippen molar-refractivity contribution < 1.29 is 17.2 Å². The highest BCUT2D eigenvalue weighted by Crippen LogP contribution is 2.26. The van der Waals surface area contributed by atoms with Gasteiger partial charge in [-0.3, -0.25) is 4.90 Å². The van der Waals surface area contributed by atoms with E-state index in [4.69, 9.17) is 0 Å². The zero-order valence-corrected chi connectivity index (χ0v) is 12.7. The van der Waals surface area contributed by atoms with Crippen molar-refractivity contribution in [1.82, 2.24) is 4.90 Å². The molecule has 0 aromatic heterocycles. The molecule has 0 aliphatic heterocycles. The number of rotatable bonds is 8. The number of hydrogen-bond donors (Lipinski definition) is 1. The Morgan fingerprint density at radius 2 is 1.90 bits per heavy atom. The minimum atomic E-state index is -4.50. The van der Waals surface area contributed by atoms with Crippen molar-refractivity contribution in [3.63, 3.8) is 0 Å². The summed E-state index contributed by atoms with van der Waals surface area (Å²) in [4.78, 5) is 2.04. The quantitative estimate of drug-likeness (QED) is 0.800. The lowest BCUT2D eigenvalue weighted by molar-refractivity contribution is 0.234. The number of nitrogens with one attached hydrogen (secondary N) is 1. The smallest absolute Gasteiger partial charge is 0.341 e. The highest BCUT2D eigenvalue weighted by atomic mass is 32.2. The molecule has 1 aliphatic carbocycles. The van der Waals surface area contributed by atoms with E-state index in [0.717, 1.165) is 25.3 Å². The van der Waals surface area contributed by atoms with E-state index in [1.165, 1.54) is 37.1 Å². The standard InChI is InChI=1S/C14H20F2N2O2S/c1-2-18(12-5-6-12)10-9-17-11-3-7-13(8-4-11)21(19,20)14(15)16/h3-4,7-8,12,14,17H,2,5-6,9-10H2,1H3. The highest BCUT2D eigenvalue weighted by molar-refractivity contribution is 7.91. The molecule has 1 aromatic carbocycles. The third kappa shape index (κ3) is 4.14. The Kier molecular flexibility index (Phi) is 5.16. The number of anilines is 1. The van der Waals surface area contributed by atoms with Gasteiger partial charge >= 0.3 is 5.76 Å².